The lowest BCUT2D eigenvalue weighted by atomic mass is 9.44. The first-order valence-electron chi connectivity index (χ1n) is 14.3. The van der Waals surface area contributed by atoms with Crippen LogP contribution in [0, 0.1) is 22.7 Å². The Labute approximate surface area is 240 Å². The Morgan fingerprint density at radius 1 is 1.02 bits per heavy atom. The van der Waals surface area contributed by atoms with Crippen molar-refractivity contribution in [3.05, 3.63) is 75.8 Å². The number of carbonyl (C=O) groups is 3. The molecular formula is C34H38O7. The average molecular weight is 559 g/mol. The molecule has 41 heavy (non-hydrogen) atoms. The van der Waals surface area contributed by atoms with Gasteiger partial charge in [-0.25, -0.2) is 0 Å². The van der Waals surface area contributed by atoms with Crippen molar-refractivity contribution in [2.24, 2.45) is 22.7 Å². The Hall–Kier alpha value is -3.71. The molecular weight excluding hydrogens is 520 g/mol. The number of phenols is 1. The Morgan fingerprint density at radius 3 is 2.22 bits per heavy atom. The molecule has 0 amide bonds. The standard InChI is InChI=1S/C34H38O7/c1-7-8-19-9-11-20(12-10-19)21-13-14-23(36)25-22(21)15-32(5)16-33(6)26(17(2)3)28(37)24(18(4)35)30(39)34(33,41)31(40)27(32)29(25)38/h9-14,17,26,36-37,40-41H,7-8,15-16H2,1-6H3/t26?,32-,33-,34+/m1/s1. The highest BCUT2D eigenvalue weighted by molar-refractivity contribution is 6.25. The van der Waals surface area contributed by atoms with E-state index in [2.05, 4.69) is 6.92 Å². The van der Waals surface area contributed by atoms with Gasteiger partial charge in [0.15, 0.2) is 17.2 Å². The maximum atomic E-state index is 14.2. The molecule has 5 rings (SSSR count). The maximum absolute atomic E-state index is 14.2. The first-order valence-corrected chi connectivity index (χ1v) is 14.3. The summed E-state index contributed by atoms with van der Waals surface area (Å²) in [5, 5.41) is 46.1. The number of allylic oxidation sites excluding steroid dienone is 2. The number of aliphatic hydroxyl groups is 3. The van der Waals surface area contributed by atoms with Crippen molar-refractivity contribution in [1.29, 1.82) is 0 Å². The van der Waals surface area contributed by atoms with Crippen LogP contribution in [0.2, 0.25) is 0 Å². The summed E-state index contributed by atoms with van der Waals surface area (Å²) in [6, 6.07) is 11.3. The number of aryl methyl sites for hydroxylation is 1. The summed E-state index contributed by atoms with van der Waals surface area (Å²) >= 11 is 0. The monoisotopic (exact) mass is 558 g/mol. The van der Waals surface area contributed by atoms with E-state index in [-0.39, 0.29) is 35.6 Å². The van der Waals surface area contributed by atoms with Crippen LogP contribution in [0.5, 0.6) is 5.75 Å². The number of benzene rings is 2. The minimum atomic E-state index is -2.61. The molecule has 4 N–H and O–H groups in total. The molecule has 2 aromatic carbocycles. The minimum absolute atomic E-state index is 0.0280. The summed E-state index contributed by atoms with van der Waals surface area (Å²) in [5.41, 5.74) is -2.30. The molecule has 7 nitrogen and oxygen atoms in total. The summed E-state index contributed by atoms with van der Waals surface area (Å²) in [4.78, 5) is 40.5. The predicted octanol–water partition coefficient (Wildman–Crippen LogP) is 5.97. The van der Waals surface area contributed by atoms with E-state index >= 15 is 0 Å². The Kier molecular flexibility index (Phi) is 6.61. The van der Waals surface area contributed by atoms with Crippen LogP contribution < -0.4 is 0 Å². The molecule has 0 bridgehead atoms. The first-order chi connectivity index (χ1) is 19.1. The molecule has 0 saturated heterocycles. The summed E-state index contributed by atoms with van der Waals surface area (Å²) in [5.74, 6) is -5.13. The Morgan fingerprint density at radius 2 is 1.66 bits per heavy atom. The van der Waals surface area contributed by atoms with Crippen molar-refractivity contribution < 1.29 is 34.8 Å². The quantitative estimate of drug-likeness (QED) is 0.333. The van der Waals surface area contributed by atoms with E-state index in [9.17, 15) is 34.8 Å². The van der Waals surface area contributed by atoms with E-state index in [0.29, 0.717) is 5.56 Å². The van der Waals surface area contributed by atoms with Crippen LogP contribution in [-0.4, -0.2) is 43.4 Å². The number of hydrogen-bond acceptors (Lipinski definition) is 7. The van der Waals surface area contributed by atoms with E-state index in [1.807, 2.05) is 45.0 Å². The maximum Gasteiger partial charge on any atom is 0.209 e. The number of aromatic hydroxyl groups is 1. The third-order valence-electron chi connectivity index (χ3n) is 9.69. The van der Waals surface area contributed by atoms with Crippen LogP contribution in [0.15, 0.2) is 59.1 Å². The van der Waals surface area contributed by atoms with Gasteiger partial charge in [0.1, 0.15) is 22.8 Å². The van der Waals surface area contributed by atoms with Crippen LogP contribution >= 0.6 is 0 Å². The zero-order valence-corrected chi connectivity index (χ0v) is 24.5. The summed E-state index contributed by atoms with van der Waals surface area (Å²) in [6.45, 7) is 10.3. The first kappa shape index (κ1) is 28.8. The molecule has 7 heteroatoms. The second-order valence-electron chi connectivity index (χ2n) is 12.9. The molecule has 3 aliphatic carbocycles. The van der Waals surface area contributed by atoms with Gasteiger partial charge in [-0.15, -0.1) is 0 Å². The lowest BCUT2D eigenvalue weighted by molar-refractivity contribution is -0.171. The summed E-state index contributed by atoms with van der Waals surface area (Å²) in [6.07, 6.45) is 2.27. The predicted molar refractivity (Wildman–Crippen MR) is 155 cm³/mol. The van der Waals surface area contributed by atoms with Crippen LogP contribution in [0.1, 0.15) is 75.9 Å². The van der Waals surface area contributed by atoms with Crippen LogP contribution in [0.25, 0.3) is 11.1 Å². The highest BCUT2D eigenvalue weighted by atomic mass is 16.3. The molecule has 0 heterocycles. The number of ketones is 3. The van der Waals surface area contributed by atoms with Gasteiger partial charge in [-0.1, -0.05) is 71.4 Å². The number of aliphatic hydroxyl groups excluding tert-OH is 2. The van der Waals surface area contributed by atoms with Gasteiger partial charge in [0.05, 0.1) is 5.56 Å². The fraction of sp³-hybridized carbons (Fsp3) is 0.441. The number of Topliss-reactive ketones (excluding diaryl/α,β-unsaturated/α-hetero) is 3. The molecule has 0 fully saturated rings. The van der Waals surface area contributed by atoms with Crippen molar-refractivity contribution in [2.75, 3.05) is 0 Å². The van der Waals surface area contributed by atoms with Crippen molar-refractivity contribution in [3.63, 3.8) is 0 Å². The molecule has 2 aromatic rings. The highest BCUT2D eigenvalue weighted by Gasteiger charge is 2.71. The van der Waals surface area contributed by atoms with Gasteiger partial charge in [0, 0.05) is 22.3 Å². The highest BCUT2D eigenvalue weighted by Crippen LogP contribution is 2.65. The summed E-state index contributed by atoms with van der Waals surface area (Å²) in [7, 11) is 0. The van der Waals surface area contributed by atoms with Crippen LogP contribution in [0.4, 0.5) is 0 Å². The van der Waals surface area contributed by atoms with Gasteiger partial charge >= 0.3 is 0 Å². The number of fused-ring (bicyclic) bond motifs is 3. The van der Waals surface area contributed by atoms with E-state index in [0.717, 1.165) is 30.9 Å². The number of rotatable bonds is 5. The van der Waals surface area contributed by atoms with Crippen molar-refractivity contribution >= 4 is 17.3 Å². The van der Waals surface area contributed by atoms with Gasteiger partial charge < -0.3 is 20.4 Å². The topological polar surface area (TPSA) is 132 Å². The fourth-order valence-corrected chi connectivity index (χ4v) is 8.14. The molecule has 0 radical (unpaired) electrons. The molecule has 3 aliphatic rings. The van der Waals surface area contributed by atoms with Crippen LogP contribution in [-0.2, 0) is 22.4 Å². The summed E-state index contributed by atoms with van der Waals surface area (Å²) < 4.78 is 0. The molecule has 4 atom stereocenters. The van der Waals surface area contributed by atoms with Gasteiger partial charge in [-0.3, -0.25) is 14.4 Å². The van der Waals surface area contributed by atoms with E-state index < -0.39 is 56.8 Å². The molecule has 1 unspecified atom stereocenters. The second kappa shape index (κ2) is 9.41. The van der Waals surface area contributed by atoms with E-state index in [1.54, 1.807) is 13.0 Å². The lowest BCUT2D eigenvalue weighted by Gasteiger charge is -2.59. The van der Waals surface area contributed by atoms with Crippen molar-refractivity contribution in [3.8, 4) is 16.9 Å². The smallest absolute Gasteiger partial charge is 0.209 e. The normalized spacial score (nSPS) is 29.4. The Balaban J connectivity index is 1.76. The van der Waals surface area contributed by atoms with E-state index in [4.69, 9.17) is 0 Å². The number of carbonyl (C=O) groups excluding carboxylic acids is 3. The lowest BCUT2D eigenvalue weighted by Crippen LogP contribution is -2.67. The SMILES string of the molecule is CCCc1ccc(-c2ccc(O)c3c2C[C@]2(C)C[C@]4(C)C(C(C)C)C(O)=C(C(C)=O)C(=O)[C@]4(O)C(O)=C2C3=O)cc1. The molecule has 0 spiro atoms. The minimum Gasteiger partial charge on any atom is -0.511 e. The fourth-order valence-electron chi connectivity index (χ4n) is 8.14. The largest absolute Gasteiger partial charge is 0.511 e. The van der Waals surface area contributed by atoms with Gasteiger partial charge in [-0.2, -0.15) is 0 Å². The number of phenolic OH excluding ortho intramolecular Hbond substituents is 1. The zero-order chi connectivity index (χ0) is 30.2. The van der Waals surface area contributed by atoms with Gasteiger partial charge in [-0.05, 0) is 60.4 Å². The molecule has 0 aliphatic heterocycles. The van der Waals surface area contributed by atoms with Crippen molar-refractivity contribution in [1.82, 2.24) is 0 Å². The van der Waals surface area contributed by atoms with E-state index in [1.165, 1.54) is 11.6 Å². The Bertz CT molecular complexity index is 1560. The van der Waals surface area contributed by atoms with Crippen molar-refractivity contribution in [2.45, 2.75) is 72.8 Å². The zero-order valence-electron chi connectivity index (χ0n) is 24.5. The third-order valence-corrected chi connectivity index (χ3v) is 9.69. The van der Waals surface area contributed by atoms with Crippen LogP contribution in [0.3, 0.4) is 0 Å². The van der Waals surface area contributed by atoms with Gasteiger partial charge in [0.25, 0.3) is 0 Å². The van der Waals surface area contributed by atoms with Gasteiger partial charge in [0.2, 0.25) is 5.78 Å². The average Bonchev–Trinajstić information content (AvgIpc) is 2.86. The molecule has 0 saturated carbocycles. The third kappa shape index (κ3) is 3.78. The second-order valence-corrected chi connectivity index (χ2v) is 12.9. The number of hydrogen-bond donors (Lipinski definition) is 4. The molecule has 0 aromatic heterocycles. The molecule has 216 valence electrons.